The first-order chi connectivity index (χ1) is 14.2. The molecule has 9 heteroatoms. The van der Waals surface area contributed by atoms with Gasteiger partial charge in [-0.2, -0.15) is 4.31 Å². The summed E-state index contributed by atoms with van der Waals surface area (Å²) in [6.07, 6.45) is 0. The Balaban J connectivity index is 1.93. The molecule has 1 aliphatic rings. The van der Waals surface area contributed by atoms with Crippen LogP contribution in [0.3, 0.4) is 0 Å². The predicted octanol–water partition coefficient (Wildman–Crippen LogP) is 5.78. The monoisotopic (exact) mass is 464 g/mol. The minimum absolute atomic E-state index is 0.0727. The van der Waals surface area contributed by atoms with Crippen LogP contribution in [0.2, 0.25) is 10.0 Å². The van der Waals surface area contributed by atoms with Gasteiger partial charge < -0.3 is 0 Å². The van der Waals surface area contributed by atoms with Crippen molar-refractivity contribution in [2.24, 2.45) is 0 Å². The number of hydrogen-bond donors (Lipinski definition) is 0. The summed E-state index contributed by atoms with van der Waals surface area (Å²) in [6.45, 7) is 1.43. The van der Waals surface area contributed by atoms with Crippen LogP contribution in [0.1, 0.15) is 11.1 Å². The van der Waals surface area contributed by atoms with Gasteiger partial charge in [0.25, 0.3) is 10.0 Å². The van der Waals surface area contributed by atoms with E-state index in [1.165, 1.54) is 41.3 Å². The van der Waals surface area contributed by atoms with Crippen LogP contribution in [0.15, 0.2) is 65.6 Å². The molecule has 4 rings (SSSR count). The number of hydrogen-bond acceptors (Lipinski definition) is 3. The quantitative estimate of drug-likeness (QED) is 0.493. The van der Waals surface area contributed by atoms with E-state index in [1.807, 2.05) is 0 Å². The summed E-state index contributed by atoms with van der Waals surface area (Å²) >= 11 is 12.2. The molecular formula is C21H15Cl2FN2O3S. The van der Waals surface area contributed by atoms with Crippen LogP contribution >= 0.6 is 23.2 Å². The Labute approximate surface area is 183 Å². The first kappa shape index (κ1) is 20.7. The van der Waals surface area contributed by atoms with Crippen LogP contribution in [-0.2, 0) is 16.6 Å². The lowest BCUT2D eigenvalue weighted by molar-refractivity contribution is 0.253. The standard InChI is InChI=1S/C21H15Cl2FN2O3S/c1-13-9-10-14(22)11-19(13)26-21(27)25(12-15-16(23)5-4-6-17(15)24)18-7-2-3-8-20(18)30(26,28)29/h2-11H,12H2,1H3. The zero-order valence-electron chi connectivity index (χ0n) is 15.6. The highest BCUT2D eigenvalue weighted by atomic mass is 35.5. The number of para-hydroxylation sites is 1. The highest BCUT2D eigenvalue weighted by molar-refractivity contribution is 7.94. The number of nitrogens with zero attached hydrogens (tertiary/aromatic N) is 2. The number of fused-ring (bicyclic) bond motifs is 1. The van der Waals surface area contributed by atoms with E-state index in [-0.39, 0.29) is 38.4 Å². The Morgan fingerprint density at radius 3 is 2.43 bits per heavy atom. The molecule has 0 spiro atoms. The number of urea groups is 1. The van der Waals surface area contributed by atoms with Gasteiger partial charge in [-0.25, -0.2) is 17.6 Å². The van der Waals surface area contributed by atoms with E-state index >= 15 is 0 Å². The first-order valence-corrected chi connectivity index (χ1v) is 11.1. The highest BCUT2D eigenvalue weighted by Crippen LogP contribution is 2.40. The number of rotatable bonds is 3. The molecule has 0 saturated carbocycles. The minimum atomic E-state index is -4.21. The molecule has 1 heterocycles. The summed E-state index contributed by atoms with van der Waals surface area (Å²) in [6, 6.07) is 14.1. The fourth-order valence-electron chi connectivity index (χ4n) is 3.34. The Hall–Kier alpha value is -2.61. The number of anilines is 2. The van der Waals surface area contributed by atoms with E-state index in [2.05, 4.69) is 0 Å². The molecule has 0 N–H and O–H groups in total. The SMILES string of the molecule is Cc1ccc(Cl)cc1N1C(=O)N(Cc2c(F)cccc2Cl)c2ccccc2S1(=O)=O. The van der Waals surface area contributed by atoms with Gasteiger partial charge in [-0.05, 0) is 48.9 Å². The number of aryl methyl sites for hydroxylation is 1. The second-order valence-electron chi connectivity index (χ2n) is 6.74. The van der Waals surface area contributed by atoms with Crippen molar-refractivity contribution in [3.05, 3.63) is 87.7 Å². The number of halogens is 3. The van der Waals surface area contributed by atoms with E-state index in [0.717, 1.165) is 0 Å². The van der Waals surface area contributed by atoms with Gasteiger partial charge in [0, 0.05) is 15.6 Å². The number of sulfonamides is 1. The van der Waals surface area contributed by atoms with E-state index in [4.69, 9.17) is 23.2 Å². The summed E-state index contributed by atoms with van der Waals surface area (Å²) in [4.78, 5) is 14.6. The van der Waals surface area contributed by atoms with Crippen LogP contribution in [0, 0.1) is 12.7 Å². The molecular weight excluding hydrogens is 450 g/mol. The van der Waals surface area contributed by atoms with Crippen molar-refractivity contribution in [1.82, 2.24) is 0 Å². The van der Waals surface area contributed by atoms with Gasteiger partial charge in [0.1, 0.15) is 10.7 Å². The van der Waals surface area contributed by atoms with Crippen LogP contribution in [0.5, 0.6) is 0 Å². The van der Waals surface area contributed by atoms with E-state index in [0.29, 0.717) is 9.87 Å². The lowest BCUT2D eigenvalue weighted by Gasteiger charge is -2.37. The Morgan fingerprint density at radius 2 is 1.70 bits per heavy atom. The topological polar surface area (TPSA) is 57.7 Å². The average molecular weight is 465 g/mol. The number of carbonyl (C=O) groups excluding carboxylic acids is 1. The molecule has 3 aromatic carbocycles. The molecule has 0 saturated heterocycles. The van der Waals surface area contributed by atoms with Crippen molar-refractivity contribution in [1.29, 1.82) is 0 Å². The molecule has 0 radical (unpaired) electrons. The zero-order chi connectivity index (χ0) is 21.6. The molecule has 5 nitrogen and oxygen atoms in total. The Morgan fingerprint density at radius 1 is 0.967 bits per heavy atom. The van der Waals surface area contributed by atoms with E-state index in [9.17, 15) is 17.6 Å². The van der Waals surface area contributed by atoms with E-state index in [1.54, 1.807) is 31.2 Å². The normalized spacial score (nSPS) is 15.3. The zero-order valence-corrected chi connectivity index (χ0v) is 18.0. The van der Waals surface area contributed by atoms with Crippen LogP contribution < -0.4 is 9.21 Å². The molecule has 0 fully saturated rings. The molecule has 154 valence electrons. The van der Waals surface area contributed by atoms with Crippen molar-refractivity contribution in [2.75, 3.05) is 9.21 Å². The minimum Gasteiger partial charge on any atom is -0.287 e. The van der Waals surface area contributed by atoms with Gasteiger partial charge in [0.05, 0.1) is 17.9 Å². The lowest BCUT2D eigenvalue weighted by Crippen LogP contribution is -2.51. The molecule has 3 aromatic rings. The predicted molar refractivity (Wildman–Crippen MR) is 115 cm³/mol. The van der Waals surface area contributed by atoms with Crippen molar-refractivity contribution < 1.29 is 17.6 Å². The van der Waals surface area contributed by atoms with Gasteiger partial charge >= 0.3 is 6.03 Å². The van der Waals surface area contributed by atoms with Crippen LogP contribution in [0.4, 0.5) is 20.6 Å². The van der Waals surface area contributed by atoms with E-state index < -0.39 is 21.9 Å². The highest BCUT2D eigenvalue weighted by Gasteiger charge is 2.43. The van der Waals surface area contributed by atoms with Crippen LogP contribution in [-0.4, -0.2) is 14.4 Å². The van der Waals surface area contributed by atoms with Crippen molar-refractivity contribution in [3.8, 4) is 0 Å². The summed E-state index contributed by atoms with van der Waals surface area (Å²) in [5.41, 5.74) is 0.911. The number of carbonyl (C=O) groups is 1. The molecule has 0 unspecified atom stereocenters. The fourth-order valence-corrected chi connectivity index (χ4v) is 5.38. The summed E-state index contributed by atoms with van der Waals surface area (Å²) in [5.74, 6) is -0.591. The smallest absolute Gasteiger partial charge is 0.287 e. The second kappa shape index (κ2) is 7.58. The molecule has 30 heavy (non-hydrogen) atoms. The summed E-state index contributed by atoms with van der Waals surface area (Å²) in [5, 5.41) is 0.417. The molecule has 1 aliphatic heterocycles. The van der Waals surface area contributed by atoms with Gasteiger partial charge in [-0.15, -0.1) is 0 Å². The molecule has 0 aromatic heterocycles. The fraction of sp³-hybridized carbons (Fsp3) is 0.0952. The van der Waals surface area contributed by atoms with Crippen LogP contribution in [0.25, 0.3) is 0 Å². The Bertz CT molecular complexity index is 1260. The third kappa shape index (κ3) is 3.33. The molecule has 0 atom stereocenters. The number of benzene rings is 3. The maximum Gasteiger partial charge on any atom is 0.343 e. The first-order valence-electron chi connectivity index (χ1n) is 8.86. The third-order valence-corrected chi connectivity index (χ3v) is 7.17. The lowest BCUT2D eigenvalue weighted by atomic mass is 10.1. The van der Waals surface area contributed by atoms with Gasteiger partial charge in [-0.1, -0.05) is 47.5 Å². The number of amides is 2. The molecule has 0 bridgehead atoms. The van der Waals surface area contributed by atoms with Gasteiger partial charge in [0.15, 0.2) is 0 Å². The molecule has 0 aliphatic carbocycles. The second-order valence-corrected chi connectivity index (χ2v) is 9.34. The summed E-state index contributed by atoms with van der Waals surface area (Å²) in [7, 11) is -4.21. The van der Waals surface area contributed by atoms with Crippen molar-refractivity contribution in [3.63, 3.8) is 0 Å². The Kier molecular flexibility index (Phi) is 5.22. The third-order valence-electron chi connectivity index (χ3n) is 4.85. The van der Waals surface area contributed by atoms with Crippen molar-refractivity contribution >= 4 is 50.6 Å². The maximum absolute atomic E-state index is 14.4. The maximum atomic E-state index is 14.4. The van der Waals surface area contributed by atoms with Gasteiger partial charge in [-0.3, -0.25) is 4.90 Å². The van der Waals surface area contributed by atoms with Gasteiger partial charge in [0.2, 0.25) is 0 Å². The molecule has 2 amide bonds. The average Bonchev–Trinajstić information content (AvgIpc) is 2.70. The largest absolute Gasteiger partial charge is 0.343 e. The van der Waals surface area contributed by atoms with Crippen molar-refractivity contribution in [2.45, 2.75) is 18.4 Å². The summed E-state index contributed by atoms with van der Waals surface area (Å²) < 4.78 is 41.8.